The molecule has 0 spiro atoms. The first-order valence-electron chi connectivity index (χ1n) is 4.29. The molecule has 0 aliphatic rings. The van der Waals surface area contributed by atoms with E-state index in [4.69, 9.17) is 10.2 Å². The summed E-state index contributed by atoms with van der Waals surface area (Å²) in [5.41, 5.74) is 0. The minimum Gasteiger partial charge on any atom is -0.396 e. The highest BCUT2D eigenvalue weighted by Crippen LogP contribution is 1.95. The van der Waals surface area contributed by atoms with Gasteiger partial charge in [-0.25, -0.2) is 0 Å². The molecule has 0 fully saturated rings. The van der Waals surface area contributed by atoms with Crippen molar-refractivity contribution in [2.75, 3.05) is 46.9 Å². The Labute approximate surface area is 74.2 Å². The maximum atomic E-state index is 8.80. The van der Waals surface area contributed by atoms with Gasteiger partial charge in [-0.1, -0.05) is 0 Å². The van der Waals surface area contributed by atoms with E-state index in [-0.39, 0.29) is 19.1 Å². The summed E-state index contributed by atoms with van der Waals surface area (Å²) in [6.07, 6.45) is 0. The lowest BCUT2D eigenvalue weighted by Crippen LogP contribution is -2.34. The Morgan fingerprint density at radius 3 is 2.33 bits per heavy atom. The first-order chi connectivity index (χ1) is 5.74. The maximum absolute atomic E-state index is 8.80. The summed E-state index contributed by atoms with van der Waals surface area (Å²) in [7, 11) is 3.89. The zero-order valence-electron chi connectivity index (χ0n) is 7.95. The first kappa shape index (κ1) is 11.8. The highest BCUT2D eigenvalue weighted by atomic mass is 16.3. The third-order valence-corrected chi connectivity index (χ3v) is 1.83. The van der Waals surface area contributed by atoms with Gasteiger partial charge in [-0.15, -0.1) is 0 Å². The van der Waals surface area contributed by atoms with Crippen LogP contribution in [-0.2, 0) is 0 Å². The van der Waals surface area contributed by atoms with Crippen molar-refractivity contribution < 1.29 is 10.2 Å². The number of likely N-dealkylation sites (N-methyl/N-ethyl adjacent to an activating group) is 2. The van der Waals surface area contributed by atoms with E-state index < -0.39 is 0 Å². The van der Waals surface area contributed by atoms with E-state index in [2.05, 4.69) is 10.2 Å². The fraction of sp³-hybridized carbons (Fsp3) is 1.00. The average Bonchev–Trinajstić information content (AvgIpc) is 2.10. The van der Waals surface area contributed by atoms with Gasteiger partial charge in [0, 0.05) is 38.8 Å². The molecule has 0 rings (SSSR count). The molecule has 0 aliphatic carbocycles. The van der Waals surface area contributed by atoms with E-state index in [9.17, 15) is 0 Å². The van der Waals surface area contributed by atoms with E-state index in [1.807, 2.05) is 14.1 Å². The Morgan fingerprint density at radius 2 is 1.92 bits per heavy atom. The first-order valence-corrected chi connectivity index (χ1v) is 4.29. The number of aliphatic hydroxyl groups excluding tert-OH is 2. The molecule has 0 saturated carbocycles. The molecular formula is C8H20N2O2. The van der Waals surface area contributed by atoms with Crippen LogP contribution in [0.4, 0.5) is 0 Å². The Balaban J connectivity index is 3.44. The van der Waals surface area contributed by atoms with Gasteiger partial charge >= 0.3 is 0 Å². The largest absolute Gasteiger partial charge is 0.396 e. The van der Waals surface area contributed by atoms with Gasteiger partial charge in [0.1, 0.15) is 0 Å². The van der Waals surface area contributed by atoms with Gasteiger partial charge in [0.15, 0.2) is 0 Å². The minimum atomic E-state index is -0.00754. The predicted octanol–water partition coefficient (Wildman–Crippen LogP) is -1.26. The molecule has 0 aromatic rings. The SMILES string of the molecule is CNCCN(C)CC(CO)CO. The van der Waals surface area contributed by atoms with Gasteiger partial charge in [0.2, 0.25) is 0 Å². The number of hydrogen-bond donors (Lipinski definition) is 3. The van der Waals surface area contributed by atoms with E-state index in [1.165, 1.54) is 0 Å². The molecule has 0 atom stereocenters. The van der Waals surface area contributed by atoms with E-state index in [0.29, 0.717) is 0 Å². The quantitative estimate of drug-likeness (QED) is 0.453. The van der Waals surface area contributed by atoms with Crippen LogP contribution < -0.4 is 5.32 Å². The molecule has 0 bridgehead atoms. The van der Waals surface area contributed by atoms with Gasteiger partial charge in [0.25, 0.3) is 0 Å². The fourth-order valence-electron chi connectivity index (χ4n) is 1.01. The fourth-order valence-corrected chi connectivity index (χ4v) is 1.01. The molecule has 12 heavy (non-hydrogen) atoms. The molecule has 0 amide bonds. The summed E-state index contributed by atoms with van der Waals surface area (Å²) >= 11 is 0. The van der Waals surface area contributed by atoms with Gasteiger partial charge in [-0.2, -0.15) is 0 Å². The van der Waals surface area contributed by atoms with E-state index in [0.717, 1.165) is 19.6 Å². The van der Waals surface area contributed by atoms with Crippen molar-refractivity contribution in [3.63, 3.8) is 0 Å². The van der Waals surface area contributed by atoms with Crippen LogP contribution in [0.2, 0.25) is 0 Å². The molecule has 4 nitrogen and oxygen atoms in total. The molecule has 0 radical (unpaired) electrons. The van der Waals surface area contributed by atoms with Crippen LogP contribution in [0.1, 0.15) is 0 Å². The lowest BCUT2D eigenvalue weighted by molar-refractivity contribution is 0.119. The zero-order valence-corrected chi connectivity index (χ0v) is 7.95. The van der Waals surface area contributed by atoms with Crippen LogP contribution >= 0.6 is 0 Å². The molecule has 0 aliphatic heterocycles. The Hall–Kier alpha value is -0.160. The number of nitrogens with zero attached hydrogens (tertiary/aromatic N) is 1. The highest BCUT2D eigenvalue weighted by Gasteiger charge is 2.08. The molecule has 4 heteroatoms. The Bertz CT molecular complexity index is 97.1. The van der Waals surface area contributed by atoms with Crippen LogP contribution in [0.25, 0.3) is 0 Å². The van der Waals surface area contributed by atoms with Crippen LogP contribution in [0.15, 0.2) is 0 Å². The molecular weight excluding hydrogens is 156 g/mol. The molecule has 3 N–H and O–H groups in total. The summed E-state index contributed by atoms with van der Waals surface area (Å²) in [6, 6.07) is 0. The zero-order chi connectivity index (χ0) is 9.40. The molecule has 0 aromatic carbocycles. The molecule has 0 aromatic heterocycles. The second-order valence-electron chi connectivity index (χ2n) is 3.10. The van der Waals surface area contributed by atoms with Gasteiger partial charge in [-0.05, 0) is 14.1 Å². The third kappa shape index (κ3) is 5.49. The van der Waals surface area contributed by atoms with Crippen molar-refractivity contribution in [2.45, 2.75) is 0 Å². The lowest BCUT2D eigenvalue weighted by Gasteiger charge is -2.20. The lowest BCUT2D eigenvalue weighted by atomic mass is 10.1. The van der Waals surface area contributed by atoms with Crippen molar-refractivity contribution in [3.8, 4) is 0 Å². The minimum absolute atomic E-state index is 0.00754. The van der Waals surface area contributed by atoms with Crippen molar-refractivity contribution >= 4 is 0 Å². The molecule has 0 unspecified atom stereocenters. The maximum Gasteiger partial charge on any atom is 0.0493 e. The highest BCUT2D eigenvalue weighted by molar-refractivity contribution is 4.61. The predicted molar refractivity (Wildman–Crippen MR) is 49.1 cm³/mol. The van der Waals surface area contributed by atoms with Crippen LogP contribution in [0, 0.1) is 5.92 Å². The van der Waals surface area contributed by atoms with Crippen molar-refractivity contribution in [1.82, 2.24) is 10.2 Å². The summed E-state index contributed by atoms with van der Waals surface area (Å²) in [5, 5.41) is 20.6. The monoisotopic (exact) mass is 176 g/mol. The standard InChI is InChI=1S/C8H20N2O2/c1-9-3-4-10(2)5-8(6-11)7-12/h8-9,11-12H,3-7H2,1-2H3. The Morgan fingerprint density at radius 1 is 1.33 bits per heavy atom. The average molecular weight is 176 g/mol. The second kappa shape index (κ2) is 7.49. The summed E-state index contributed by atoms with van der Waals surface area (Å²) in [4.78, 5) is 2.09. The summed E-state index contributed by atoms with van der Waals surface area (Å²) in [5.74, 6) is -0.00754. The number of nitrogens with one attached hydrogen (secondary N) is 1. The second-order valence-corrected chi connectivity index (χ2v) is 3.10. The Kier molecular flexibility index (Phi) is 7.39. The van der Waals surface area contributed by atoms with E-state index >= 15 is 0 Å². The van der Waals surface area contributed by atoms with Gasteiger partial charge in [-0.3, -0.25) is 0 Å². The van der Waals surface area contributed by atoms with Crippen LogP contribution in [-0.4, -0.2) is 62.1 Å². The molecule has 74 valence electrons. The van der Waals surface area contributed by atoms with Gasteiger partial charge < -0.3 is 20.4 Å². The van der Waals surface area contributed by atoms with Crippen LogP contribution in [0.5, 0.6) is 0 Å². The normalized spacial score (nSPS) is 11.5. The van der Waals surface area contributed by atoms with Crippen LogP contribution in [0.3, 0.4) is 0 Å². The van der Waals surface area contributed by atoms with Gasteiger partial charge in [0.05, 0.1) is 0 Å². The smallest absolute Gasteiger partial charge is 0.0493 e. The molecule has 0 saturated heterocycles. The number of rotatable bonds is 7. The number of aliphatic hydroxyl groups is 2. The summed E-state index contributed by atoms with van der Waals surface area (Å²) in [6.45, 7) is 2.72. The van der Waals surface area contributed by atoms with Crippen molar-refractivity contribution in [2.24, 2.45) is 5.92 Å². The van der Waals surface area contributed by atoms with Crippen molar-refractivity contribution in [1.29, 1.82) is 0 Å². The summed E-state index contributed by atoms with van der Waals surface area (Å²) < 4.78 is 0. The topological polar surface area (TPSA) is 55.7 Å². The number of hydrogen-bond acceptors (Lipinski definition) is 4. The third-order valence-electron chi connectivity index (χ3n) is 1.83. The van der Waals surface area contributed by atoms with Crippen molar-refractivity contribution in [3.05, 3.63) is 0 Å². The van der Waals surface area contributed by atoms with E-state index in [1.54, 1.807) is 0 Å². The molecule has 0 heterocycles.